The number of pyridine rings is 1. The molecule has 2 aromatic carbocycles. The van der Waals surface area contributed by atoms with Crippen molar-refractivity contribution in [3.8, 4) is 17.1 Å². The zero-order valence-corrected chi connectivity index (χ0v) is 25.1. The fourth-order valence-corrected chi connectivity index (χ4v) is 6.34. The molecule has 0 radical (unpaired) electrons. The Morgan fingerprint density at radius 1 is 1.09 bits per heavy atom. The van der Waals surface area contributed by atoms with Crippen LogP contribution in [-0.2, 0) is 11.3 Å². The third-order valence-electron chi connectivity index (χ3n) is 8.72. The summed E-state index contributed by atoms with van der Waals surface area (Å²) >= 11 is 0. The van der Waals surface area contributed by atoms with Crippen molar-refractivity contribution in [2.45, 2.75) is 25.9 Å². The van der Waals surface area contributed by atoms with Crippen LogP contribution in [0.3, 0.4) is 0 Å². The molecule has 2 saturated heterocycles. The first-order valence-electron chi connectivity index (χ1n) is 15.2. The van der Waals surface area contributed by atoms with E-state index in [1.165, 1.54) is 0 Å². The first-order chi connectivity index (χ1) is 21.6. The van der Waals surface area contributed by atoms with Crippen LogP contribution in [0.1, 0.15) is 40.0 Å². The van der Waals surface area contributed by atoms with E-state index in [2.05, 4.69) is 28.1 Å². The van der Waals surface area contributed by atoms with E-state index in [1.807, 2.05) is 71.2 Å². The number of aryl methyl sites for hydroxylation is 1. The van der Waals surface area contributed by atoms with Crippen LogP contribution < -0.4 is 4.74 Å². The summed E-state index contributed by atoms with van der Waals surface area (Å²) < 4.78 is 13.2. The molecule has 1 N–H and O–H groups in total. The largest absolute Gasteiger partial charge is 0.480 e. The van der Waals surface area contributed by atoms with Gasteiger partial charge in [0.25, 0.3) is 5.91 Å². The van der Waals surface area contributed by atoms with E-state index in [0.29, 0.717) is 37.1 Å². The van der Waals surface area contributed by atoms with E-state index < -0.39 is 0 Å². The number of benzene rings is 2. The molecular weight excluding hydrogens is 554 g/mol. The normalized spacial score (nSPS) is 19.1. The van der Waals surface area contributed by atoms with Crippen LogP contribution in [0.5, 0.6) is 5.88 Å². The number of amides is 1. The first-order valence-corrected chi connectivity index (χ1v) is 15.2. The lowest BCUT2D eigenvalue weighted by atomic mass is 10.1. The van der Waals surface area contributed by atoms with Gasteiger partial charge >= 0.3 is 0 Å². The van der Waals surface area contributed by atoms with Crippen LogP contribution >= 0.6 is 0 Å². The monoisotopic (exact) mass is 591 g/mol. The Balaban J connectivity index is 1.19. The minimum absolute atomic E-state index is 0.0864. The number of H-pyrrole nitrogens is 1. The predicted molar refractivity (Wildman–Crippen MR) is 168 cm³/mol. The summed E-state index contributed by atoms with van der Waals surface area (Å²) in [7, 11) is 1.63. The van der Waals surface area contributed by atoms with Gasteiger partial charge in [-0.25, -0.2) is 9.97 Å². The summed E-state index contributed by atoms with van der Waals surface area (Å²) in [5.74, 6) is 1.68. The average Bonchev–Trinajstić information content (AvgIpc) is 3.83. The lowest BCUT2D eigenvalue weighted by Gasteiger charge is -2.41. The number of piperazine rings is 1. The molecule has 3 aromatic heterocycles. The minimum atomic E-state index is -0.272. The van der Waals surface area contributed by atoms with Gasteiger partial charge in [-0.05, 0) is 43.0 Å². The highest BCUT2D eigenvalue weighted by Gasteiger charge is 2.36. The summed E-state index contributed by atoms with van der Waals surface area (Å²) in [5.41, 5.74) is 5.03. The second-order valence-corrected chi connectivity index (χ2v) is 11.7. The number of imidazole rings is 1. The number of aromatic amines is 1. The minimum Gasteiger partial charge on any atom is -0.480 e. The number of nitrogens with one attached hydrogen (secondary N) is 1. The Hall–Kier alpha value is -4.54. The van der Waals surface area contributed by atoms with Gasteiger partial charge in [-0.3, -0.25) is 14.4 Å². The highest BCUT2D eigenvalue weighted by atomic mass is 16.5. The van der Waals surface area contributed by atoms with Gasteiger partial charge in [-0.2, -0.15) is 5.10 Å². The predicted octanol–water partition coefficient (Wildman–Crippen LogP) is 4.72. The van der Waals surface area contributed by atoms with Gasteiger partial charge in [-0.1, -0.05) is 48.5 Å². The van der Waals surface area contributed by atoms with Crippen LogP contribution in [0.4, 0.5) is 0 Å². The topological polar surface area (TPSA) is 101 Å². The van der Waals surface area contributed by atoms with Gasteiger partial charge in [0.2, 0.25) is 5.88 Å². The Labute approximate surface area is 256 Å². The molecule has 10 heteroatoms. The summed E-state index contributed by atoms with van der Waals surface area (Å²) in [5, 5.41) is 5.77. The fourth-order valence-electron chi connectivity index (χ4n) is 6.34. The van der Waals surface area contributed by atoms with Crippen molar-refractivity contribution in [2.24, 2.45) is 5.92 Å². The number of fused-ring (bicyclic) bond motifs is 1. The van der Waals surface area contributed by atoms with E-state index in [4.69, 9.17) is 24.5 Å². The van der Waals surface area contributed by atoms with Crippen LogP contribution in [-0.4, -0.2) is 86.9 Å². The maximum atomic E-state index is 14.1. The molecule has 0 bridgehead atoms. The number of methoxy groups -OCH3 is 1. The maximum Gasteiger partial charge on any atom is 0.275 e. The Morgan fingerprint density at radius 3 is 2.75 bits per heavy atom. The number of hydrogen-bond acceptors (Lipinski definition) is 7. The van der Waals surface area contributed by atoms with E-state index in [-0.39, 0.29) is 11.9 Å². The first kappa shape index (κ1) is 28.2. The summed E-state index contributed by atoms with van der Waals surface area (Å²) in [6.07, 6.45) is 2.89. The number of carbonyl (C=O) groups excluding carboxylic acids is 1. The highest BCUT2D eigenvalue weighted by molar-refractivity contribution is 5.93. The van der Waals surface area contributed by atoms with Crippen LogP contribution in [0.15, 0.2) is 72.9 Å². The molecule has 0 spiro atoms. The smallest absolute Gasteiger partial charge is 0.275 e. The quantitative estimate of drug-likeness (QED) is 0.279. The third kappa shape index (κ3) is 5.70. The van der Waals surface area contributed by atoms with Crippen molar-refractivity contribution in [3.63, 3.8) is 0 Å². The van der Waals surface area contributed by atoms with E-state index in [0.717, 1.165) is 72.0 Å². The average molecular weight is 592 g/mol. The molecule has 226 valence electrons. The summed E-state index contributed by atoms with van der Waals surface area (Å²) in [4.78, 5) is 31.6. The van der Waals surface area contributed by atoms with Crippen molar-refractivity contribution in [3.05, 3.63) is 95.7 Å². The zero-order valence-electron chi connectivity index (χ0n) is 25.1. The Kier molecular flexibility index (Phi) is 7.84. The number of carbonyl (C=O) groups is 1. The lowest BCUT2D eigenvalue weighted by Crippen LogP contribution is -2.52. The van der Waals surface area contributed by atoms with Gasteiger partial charge in [-0.15, -0.1) is 0 Å². The standard InChI is InChI=1S/C34H37N7O3/c1-23-16-29(38-41(23)20-24-8-4-3-5-9-24)34(42)40-14-13-39(19-25-12-15-44-22-25)21-31(40)32-35-18-30(36-32)27-17-26-10-6-7-11-28(26)37-33(27)43-2/h3-11,16-18,25,31H,12-15,19-22H2,1-2H3,(H,35,36). The van der Waals surface area contributed by atoms with Gasteiger partial charge in [0, 0.05) is 43.9 Å². The molecule has 44 heavy (non-hydrogen) atoms. The Morgan fingerprint density at radius 2 is 1.93 bits per heavy atom. The molecule has 5 heterocycles. The molecule has 1 amide bonds. The number of nitrogens with zero attached hydrogens (tertiary/aromatic N) is 6. The molecule has 5 aromatic rings. The van der Waals surface area contributed by atoms with Gasteiger partial charge < -0.3 is 19.4 Å². The molecule has 2 atom stereocenters. The number of hydrogen-bond donors (Lipinski definition) is 1. The van der Waals surface area contributed by atoms with Crippen molar-refractivity contribution < 1.29 is 14.3 Å². The van der Waals surface area contributed by atoms with Gasteiger partial charge in [0.1, 0.15) is 11.9 Å². The lowest BCUT2D eigenvalue weighted by molar-refractivity contribution is 0.0387. The molecule has 2 aliphatic rings. The molecule has 10 nitrogen and oxygen atoms in total. The molecule has 2 unspecified atom stereocenters. The molecule has 0 saturated carbocycles. The van der Waals surface area contributed by atoms with Crippen molar-refractivity contribution in [1.82, 2.24) is 34.5 Å². The van der Waals surface area contributed by atoms with Crippen LogP contribution in [0, 0.1) is 12.8 Å². The molecule has 7 rings (SSSR count). The number of ether oxygens (including phenoxy) is 2. The van der Waals surface area contributed by atoms with Crippen LogP contribution in [0.2, 0.25) is 0 Å². The van der Waals surface area contributed by atoms with Crippen molar-refractivity contribution in [1.29, 1.82) is 0 Å². The molecule has 2 fully saturated rings. The van der Waals surface area contributed by atoms with Gasteiger partial charge in [0.05, 0.1) is 43.2 Å². The van der Waals surface area contributed by atoms with Crippen molar-refractivity contribution in [2.75, 3.05) is 46.5 Å². The van der Waals surface area contributed by atoms with Crippen molar-refractivity contribution >= 4 is 16.8 Å². The second kappa shape index (κ2) is 12.2. The van der Waals surface area contributed by atoms with E-state index in [1.54, 1.807) is 7.11 Å². The molecule has 0 aliphatic carbocycles. The highest BCUT2D eigenvalue weighted by Crippen LogP contribution is 2.33. The van der Waals surface area contributed by atoms with Gasteiger partial charge in [0.15, 0.2) is 5.69 Å². The maximum absolute atomic E-state index is 14.1. The second-order valence-electron chi connectivity index (χ2n) is 11.7. The number of para-hydroxylation sites is 1. The SMILES string of the molecule is COc1nc2ccccc2cc1-c1cnc(C2CN(CC3CCOC3)CCN2C(=O)c2cc(C)n(Cc3ccccc3)n2)[nH]1. The number of rotatable bonds is 8. The number of aromatic nitrogens is 5. The summed E-state index contributed by atoms with van der Waals surface area (Å²) in [6, 6.07) is 21.8. The van der Waals surface area contributed by atoms with E-state index >= 15 is 0 Å². The van der Waals surface area contributed by atoms with E-state index in [9.17, 15) is 4.79 Å². The Bertz CT molecular complexity index is 1760. The molecule has 2 aliphatic heterocycles. The summed E-state index contributed by atoms with van der Waals surface area (Å²) in [6.45, 7) is 7.21. The molecular formula is C34H37N7O3. The third-order valence-corrected chi connectivity index (χ3v) is 8.72. The fraction of sp³-hybridized carbons (Fsp3) is 0.353. The zero-order chi connectivity index (χ0) is 30.0. The van der Waals surface area contributed by atoms with Crippen LogP contribution in [0.25, 0.3) is 22.2 Å².